The van der Waals surface area contributed by atoms with Crippen LogP contribution in [-0.2, 0) is 5.67 Å². The highest BCUT2D eigenvalue weighted by atomic mass is 19.1. The van der Waals surface area contributed by atoms with Gasteiger partial charge in [-0.2, -0.15) is 0 Å². The quantitative estimate of drug-likeness (QED) is 0.825. The first-order chi connectivity index (χ1) is 8.22. The van der Waals surface area contributed by atoms with E-state index in [-0.39, 0.29) is 12.5 Å². The smallest absolute Gasteiger partial charge is 0.154 e. The molecule has 1 unspecified atom stereocenters. The van der Waals surface area contributed by atoms with Crippen molar-refractivity contribution in [1.29, 1.82) is 0 Å². The Labute approximate surface area is 102 Å². The molecule has 1 atom stereocenters. The van der Waals surface area contributed by atoms with Gasteiger partial charge in [-0.1, -0.05) is 25.1 Å². The van der Waals surface area contributed by atoms with Crippen LogP contribution in [0.2, 0.25) is 0 Å². The van der Waals surface area contributed by atoms with E-state index in [2.05, 4.69) is 0 Å². The summed E-state index contributed by atoms with van der Waals surface area (Å²) in [7, 11) is 0. The van der Waals surface area contributed by atoms with Crippen LogP contribution in [0.3, 0.4) is 0 Å². The number of halogens is 1. The summed E-state index contributed by atoms with van der Waals surface area (Å²) in [5.41, 5.74) is 4.86. The zero-order chi connectivity index (χ0) is 12.3. The van der Waals surface area contributed by atoms with E-state index >= 15 is 0 Å². The molecule has 1 saturated carbocycles. The molecule has 1 aliphatic rings. The van der Waals surface area contributed by atoms with Crippen LogP contribution < -0.4 is 10.5 Å². The predicted octanol–water partition coefficient (Wildman–Crippen LogP) is 3.01. The molecule has 0 radical (unpaired) electrons. The Morgan fingerprint density at radius 3 is 2.71 bits per heavy atom. The monoisotopic (exact) mass is 237 g/mol. The van der Waals surface area contributed by atoms with Gasteiger partial charge in [-0.05, 0) is 31.2 Å². The first kappa shape index (κ1) is 12.4. The van der Waals surface area contributed by atoms with Crippen molar-refractivity contribution in [3.63, 3.8) is 0 Å². The lowest BCUT2D eigenvalue weighted by Crippen LogP contribution is -2.33. The van der Waals surface area contributed by atoms with Crippen LogP contribution in [0.25, 0.3) is 0 Å². The molecule has 3 heteroatoms. The largest absolute Gasteiger partial charge is 0.493 e. The molecule has 0 saturated heterocycles. The highest BCUT2D eigenvalue weighted by molar-refractivity contribution is 5.39. The second-order valence-electron chi connectivity index (χ2n) is 4.69. The van der Waals surface area contributed by atoms with Crippen molar-refractivity contribution in [3.05, 3.63) is 29.8 Å². The van der Waals surface area contributed by atoms with E-state index in [0.717, 1.165) is 19.3 Å². The standard InChI is InChI=1S/C14H20FNO/c1-2-9-17-13-6-4-3-5-12(13)14(15,10-16)11-7-8-11/h3-6,11H,2,7-10,16H2,1H3. The minimum atomic E-state index is -1.41. The molecule has 94 valence electrons. The summed E-state index contributed by atoms with van der Waals surface area (Å²) >= 11 is 0. The van der Waals surface area contributed by atoms with Gasteiger partial charge in [0.2, 0.25) is 0 Å². The minimum Gasteiger partial charge on any atom is -0.493 e. The Balaban J connectivity index is 2.29. The fourth-order valence-electron chi connectivity index (χ4n) is 2.19. The Hall–Kier alpha value is -1.09. The van der Waals surface area contributed by atoms with Gasteiger partial charge in [0.1, 0.15) is 5.75 Å². The second kappa shape index (κ2) is 5.05. The lowest BCUT2D eigenvalue weighted by Gasteiger charge is -2.26. The van der Waals surface area contributed by atoms with Gasteiger partial charge >= 0.3 is 0 Å². The summed E-state index contributed by atoms with van der Waals surface area (Å²) in [5.74, 6) is 0.716. The predicted molar refractivity (Wildman–Crippen MR) is 66.8 cm³/mol. The third-order valence-electron chi connectivity index (χ3n) is 3.32. The number of benzene rings is 1. The molecular weight excluding hydrogens is 217 g/mol. The SMILES string of the molecule is CCCOc1ccccc1C(F)(CN)C1CC1. The maximum atomic E-state index is 14.9. The van der Waals surface area contributed by atoms with E-state index in [4.69, 9.17) is 10.5 Å². The molecule has 0 spiro atoms. The van der Waals surface area contributed by atoms with Gasteiger partial charge in [-0.3, -0.25) is 0 Å². The lowest BCUT2D eigenvalue weighted by molar-refractivity contribution is 0.136. The van der Waals surface area contributed by atoms with Crippen LogP contribution in [0.15, 0.2) is 24.3 Å². The fraction of sp³-hybridized carbons (Fsp3) is 0.571. The summed E-state index contributed by atoms with van der Waals surface area (Å²) in [5, 5.41) is 0. The first-order valence-corrected chi connectivity index (χ1v) is 6.33. The normalized spacial score (nSPS) is 18.8. The molecule has 0 aromatic heterocycles. The summed E-state index contributed by atoms with van der Waals surface area (Å²) in [6.07, 6.45) is 2.77. The lowest BCUT2D eigenvalue weighted by atomic mass is 9.90. The van der Waals surface area contributed by atoms with Crippen LogP contribution in [0, 0.1) is 5.92 Å². The van der Waals surface area contributed by atoms with Gasteiger partial charge in [-0.25, -0.2) is 4.39 Å². The third kappa shape index (κ3) is 2.44. The maximum Gasteiger partial charge on any atom is 0.154 e. The van der Waals surface area contributed by atoms with Gasteiger partial charge in [0.15, 0.2) is 5.67 Å². The molecule has 1 aliphatic carbocycles. The molecule has 0 heterocycles. The van der Waals surface area contributed by atoms with E-state index in [9.17, 15) is 4.39 Å². The van der Waals surface area contributed by atoms with Crippen molar-refractivity contribution in [2.45, 2.75) is 31.9 Å². The summed E-state index contributed by atoms with van der Waals surface area (Å²) in [6.45, 7) is 2.68. The zero-order valence-electron chi connectivity index (χ0n) is 10.3. The fourth-order valence-corrected chi connectivity index (χ4v) is 2.19. The molecule has 2 nitrogen and oxygen atoms in total. The molecule has 1 fully saturated rings. The molecule has 1 aromatic rings. The first-order valence-electron chi connectivity index (χ1n) is 6.33. The van der Waals surface area contributed by atoms with Crippen molar-refractivity contribution in [2.24, 2.45) is 11.7 Å². The Kier molecular flexibility index (Phi) is 3.67. The number of nitrogens with two attached hydrogens (primary N) is 1. The molecule has 2 rings (SSSR count). The zero-order valence-corrected chi connectivity index (χ0v) is 10.3. The average Bonchev–Trinajstić information content (AvgIpc) is 3.20. The molecule has 0 aliphatic heterocycles. The summed E-state index contributed by atoms with van der Waals surface area (Å²) in [4.78, 5) is 0. The average molecular weight is 237 g/mol. The Morgan fingerprint density at radius 2 is 2.12 bits per heavy atom. The van der Waals surface area contributed by atoms with Gasteiger partial charge in [0, 0.05) is 12.1 Å². The number of alkyl halides is 1. The number of ether oxygens (including phenoxy) is 1. The van der Waals surface area contributed by atoms with Crippen molar-refractivity contribution < 1.29 is 9.13 Å². The number of hydrogen-bond acceptors (Lipinski definition) is 2. The molecule has 1 aromatic carbocycles. The van der Waals surface area contributed by atoms with Crippen molar-refractivity contribution in [1.82, 2.24) is 0 Å². The van der Waals surface area contributed by atoms with E-state index in [1.807, 2.05) is 25.1 Å². The minimum absolute atomic E-state index is 0.0319. The van der Waals surface area contributed by atoms with Gasteiger partial charge in [0.25, 0.3) is 0 Å². The van der Waals surface area contributed by atoms with Crippen LogP contribution >= 0.6 is 0 Å². The van der Waals surface area contributed by atoms with E-state index in [0.29, 0.717) is 17.9 Å². The summed E-state index contributed by atoms with van der Waals surface area (Å²) < 4.78 is 20.5. The van der Waals surface area contributed by atoms with Crippen molar-refractivity contribution >= 4 is 0 Å². The number of para-hydroxylation sites is 1. The highest BCUT2D eigenvalue weighted by Crippen LogP contribution is 2.50. The van der Waals surface area contributed by atoms with Gasteiger partial charge < -0.3 is 10.5 Å². The third-order valence-corrected chi connectivity index (χ3v) is 3.32. The van der Waals surface area contributed by atoms with Gasteiger partial charge in [0.05, 0.1) is 6.61 Å². The van der Waals surface area contributed by atoms with E-state index in [1.165, 1.54) is 0 Å². The van der Waals surface area contributed by atoms with Crippen LogP contribution in [0.5, 0.6) is 5.75 Å². The molecule has 2 N–H and O–H groups in total. The topological polar surface area (TPSA) is 35.2 Å². The highest BCUT2D eigenvalue weighted by Gasteiger charge is 2.47. The number of hydrogen-bond donors (Lipinski definition) is 1. The van der Waals surface area contributed by atoms with Crippen LogP contribution in [-0.4, -0.2) is 13.2 Å². The summed E-state index contributed by atoms with van der Waals surface area (Å²) in [6, 6.07) is 7.35. The maximum absolute atomic E-state index is 14.9. The van der Waals surface area contributed by atoms with Crippen LogP contribution in [0.1, 0.15) is 31.7 Å². The molecule has 17 heavy (non-hydrogen) atoms. The Morgan fingerprint density at radius 1 is 1.41 bits per heavy atom. The molecule has 0 amide bonds. The molecule has 0 bridgehead atoms. The van der Waals surface area contributed by atoms with E-state index in [1.54, 1.807) is 6.07 Å². The Bertz CT molecular complexity index is 378. The van der Waals surface area contributed by atoms with Gasteiger partial charge in [-0.15, -0.1) is 0 Å². The van der Waals surface area contributed by atoms with Crippen molar-refractivity contribution in [3.8, 4) is 5.75 Å². The van der Waals surface area contributed by atoms with E-state index < -0.39 is 5.67 Å². The molecular formula is C14H20FNO. The van der Waals surface area contributed by atoms with Crippen LogP contribution in [0.4, 0.5) is 4.39 Å². The number of rotatable bonds is 6. The second-order valence-corrected chi connectivity index (χ2v) is 4.69. The van der Waals surface area contributed by atoms with Crippen molar-refractivity contribution in [2.75, 3.05) is 13.2 Å².